The van der Waals surface area contributed by atoms with Gasteiger partial charge in [-0.3, -0.25) is 9.78 Å². The molecule has 0 saturated carbocycles. The van der Waals surface area contributed by atoms with Crippen molar-refractivity contribution in [2.75, 3.05) is 11.9 Å². The van der Waals surface area contributed by atoms with E-state index in [0.29, 0.717) is 5.69 Å². The Labute approximate surface area is 143 Å². The summed E-state index contributed by atoms with van der Waals surface area (Å²) in [4.78, 5) is 31.1. The predicted molar refractivity (Wildman–Crippen MR) is 87.5 cm³/mol. The SMILES string of the molecule is Cc1cc(Br)c(NC(=O)COC(=O)c2cnccn2)c(Br)c1. The van der Waals surface area contributed by atoms with E-state index in [1.165, 1.54) is 18.6 Å². The van der Waals surface area contributed by atoms with E-state index in [0.717, 1.165) is 14.5 Å². The Kier molecular flexibility index (Phi) is 5.62. The van der Waals surface area contributed by atoms with Crippen LogP contribution in [0.1, 0.15) is 16.1 Å². The summed E-state index contributed by atoms with van der Waals surface area (Å²) >= 11 is 6.74. The van der Waals surface area contributed by atoms with Gasteiger partial charge >= 0.3 is 5.97 Å². The Hall–Kier alpha value is -1.80. The fraction of sp³-hybridized carbons (Fsp3) is 0.143. The lowest BCUT2D eigenvalue weighted by molar-refractivity contribution is -0.119. The molecule has 22 heavy (non-hydrogen) atoms. The van der Waals surface area contributed by atoms with Gasteiger partial charge < -0.3 is 10.1 Å². The summed E-state index contributed by atoms with van der Waals surface area (Å²) in [7, 11) is 0. The van der Waals surface area contributed by atoms with Crippen LogP contribution in [0.2, 0.25) is 0 Å². The Balaban J connectivity index is 1.95. The van der Waals surface area contributed by atoms with Crippen LogP contribution in [0.4, 0.5) is 5.69 Å². The van der Waals surface area contributed by atoms with E-state index >= 15 is 0 Å². The van der Waals surface area contributed by atoms with Crippen molar-refractivity contribution < 1.29 is 14.3 Å². The molecule has 1 aromatic heterocycles. The quantitative estimate of drug-likeness (QED) is 0.756. The van der Waals surface area contributed by atoms with Crippen molar-refractivity contribution in [1.82, 2.24) is 9.97 Å². The Morgan fingerprint density at radius 2 is 1.91 bits per heavy atom. The Morgan fingerprint density at radius 1 is 1.23 bits per heavy atom. The minimum Gasteiger partial charge on any atom is -0.451 e. The zero-order valence-corrected chi connectivity index (χ0v) is 14.6. The van der Waals surface area contributed by atoms with Crippen LogP contribution in [0, 0.1) is 6.92 Å². The third-order valence-corrected chi connectivity index (χ3v) is 3.81. The van der Waals surface area contributed by atoms with Crippen molar-refractivity contribution in [1.29, 1.82) is 0 Å². The second kappa shape index (κ2) is 7.46. The van der Waals surface area contributed by atoms with Gasteiger partial charge in [-0.05, 0) is 56.5 Å². The standard InChI is InChI=1S/C14H11Br2N3O3/c1-8-4-9(15)13(10(16)5-8)19-12(20)7-22-14(21)11-6-17-2-3-18-11/h2-6H,7H2,1H3,(H,19,20). The third-order valence-electron chi connectivity index (χ3n) is 2.56. The molecular formula is C14H11Br2N3O3. The zero-order valence-electron chi connectivity index (χ0n) is 11.5. The smallest absolute Gasteiger partial charge is 0.359 e. The largest absolute Gasteiger partial charge is 0.451 e. The van der Waals surface area contributed by atoms with Crippen LogP contribution in [0.5, 0.6) is 0 Å². The highest BCUT2D eigenvalue weighted by molar-refractivity contribution is 9.11. The molecule has 0 unspecified atom stereocenters. The Bertz CT molecular complexity index is 685. The molecule has 0 spiro atoms. The van der Waals surface area contributed by atoms with Crippen LogP contribution in [-0.2, 0) is 9.53 Å². The fourth-order valence-corrected chi connectivity index (χ4v) is 3.22. The molecule has 0 aliphatic carbocycles. The van der Waals surface area contributed by atoms with E-state index in [1.54, 1.807) is 0 Å². The molecule has 1 amide bonds. The Morgan fingerprint density at radius 3 is 2.50 bits per heavy atom. The molecule has 114 valence electrons. The molecule has 0 aliphatic heterocycles. The highest BCUT2D eigenvalue weighted by Gasteiger charge is 2.14. The number of nitrogens with zero attached hydrogens (tertiary/aromatic N) is 2. The number of nitrogens with one attached hydrogen (secondary N) is 1. The molecule has 1 heterocycles. The fourth-order valence-electron chi connectivity index (χ4n) is 1.60. The second-order valence-electron chi connectivity index (χ2n) is 4.32. The van der Waals surface area contributed by atoms with Crippen LogP contribution >= 0.6 is 31.9 Å². The van der Waals surface area contributed by atoms with E-state index < -0.39 is 18.5 Å². The number of carbonyl (C=O) groups is 2. The van der Waals surface area contributed by atoms with Crippen molar-refractivity contribution in [2.24, 2.45) is 0 Å². The number of anilines is 1. The topological polar surface area (TPSA) is 81.2 Å². The molecule has 0 atom stereocenters. The van der Waals surface area contributed by atoms with Crippen LogP contribution in [-0.4, -0.2) is 28.5 Å². The van der Waals surface area contributed by atoms with Gasteiger partial charge in [-0.2, -0.15) is 0 Å². The van der Waals surface area contributed by atoms with Gasteiger partial charge in [0.2, 0.25) is 0 Å². The summed E-state index contributed by atoms with van der Waals surface area (Å²) in [6.45, 7) is 1.52. The summed E-state index contributed by atoms with van der Waals surface area (Å²) in [5.41, 5.74) is 1.66. The van der Waals surface area contributed by atoms with E-state index in [2.05, 4.69) is 47.1 Å². The van der Waals surface area contributed by atoms with Gasteiger partial charge in [0.05, 0.1) is 11.9 Å². The summed E-state index contributed by atoms with van der Waals surface area (Å²) in [5.74, 6) is -1.16. The van der Waals surface area contributed by atoms with Crippen LogP contribution < -0.4 is 5.32 Å². The van der Waals surface area contributed by atoms with Gasteiger partial charge in [0.15, 0.2) is 12.3 Å². The van der Waals surface area contributed by atoms with Crippen molar-refractivity contribution in [2.45, 2.75) is 6.92 Å². The summed E-state index contributed by atoms with van der Waals surface area (Å²) in [5, 5.41) is 2.67. The maximum absolute atomic E-state index is 11.9. The number of ether oxygens (including phenoxy) is 1. The normalized spacial score (nSPS) is 10.1. The first kappa shape index (κ1) is 16.6. The van der Waals surface area contributed by atoms with Crippen molar-refractivity contribution in [3.8, 4) is 0 Å². The number of carbonyl (C=O) groups excluding carboxylic acids is 2. The van der Waals surface area contributed by atoms with E-state index in [4.69, 9.17) is 4.74 Å². The molecule has 0 saturated heterocycles. The molecule has 1 N–H and O–H groups in total. The average Bonchev–Trinajstić information content (AvgIpc) is 2.49. The molecular weight excluding hydrogens is 418 g/mol. The molecule has 8 heteroatoms. The van der Waals surface area contributed by atoms with Gasteiger partial charge in [-0.1, -0.05) is 0 Å². The monoisotopic (exact) mass is 427 g/mol. The first-order valence-corrected chi connectivity index (χ1v) is 7.74. The highest BCUT2D eigenvalue weighted by atomic mass is 79.9. The number of aromatic nitrogens is 2. The molecule has 2 rings (SSSR count). The lowest BCUT2D eigenvalue weighted by Crippen LogP contribution is -2.21. The number of halogens is 2. The lowest BCUT2D eigenvalue weighted by atomic mass is 10.2. The van der Waals surface area contributed by atoms with Gasteiger partial charge in [0, 0.05) is 21.3 Å². The number of rotatable bonds is 4. The molecule has 2 aromatic rings. The van der Waals surface area contributed by atoms with E-state index in [9.17, 15) is 9.59 Å². The van der Waals surface area contributed by atoms with Crippen LogP contribution in [0.25, 0.3) is 0 Å². The number of hydrogen-bond donors (Lipinski definition) is 1. The van der Waals surface area contributed by atoms with E-state index in [1.807, 2.05) is 19.1 Å². The zero-order chi connectivity index (χ0) is 16.1. The van der Waals surface area contributed by atoms with Crippen molar-refractivity contribution in [3.63, 3.8) is 0 Å². The summed E-state index contributed by atoms with van der Waals surface area (Å²) in [6, 6.07) is 3.73. The highest BCUT2D eigenvalue weighted by Crippen LogP contribution is 2.32. The first-order valence-electron chi connectivity index (χ1n) is 6.16. The predicted octanol–water partition coefficient (Wildman–Crippen LogP) is 3.11. The van der Waals surface area contributed by atoms with Gasteiger partial charge in [0.25, 0.3) is 5.91 Å². The van der Waals surface area contributed by atoms with Gasteiger partial charge in [-0.15, -0.1) is 0 Å². The minimum absolute atomic E-state index is 0.0491. The lowest BCUT2D eigenvalue weighted by Gasteiger charge is -2.11. The van der Waals surface area contributed by atoms with Gasteiger partial charge in [0.1, 0.15) is 0 Å². The minimum atomic E-state index is -0.703. The molecule has 0 radical (unpaired) electrons. The summed E-state index contributed by atoms with van der Waals surface area (Å²) < 4.78 is 6.34. The molecule has 6 nitrogen and oxygen atoms in total. The maximum Gasteiger partial charge on any atom is 0.359 e. The molecule has 0 fully saturated rings. The van der Waals surface area contributed by atoms with Crippen molar-refractivity contribution >= 4 is 49.4 Å². The molecule has 0 bridgehead atoms. The van der Waals surface area contributed by atoms with E-state index in [-0.39, 0.29) is 5.69 Å². The average molecular weight is 429 g/mol. The third kappa shape index (κ3) is 4.35. The number of esters is 1. The van der Waals surface area contributed by atoms with Crippen LogP contribution in [0.15, 0.2) is 39.7 Å². The molecule has 1 aromatic carbocycles. The first-order chi connectivity index (χ1) is 10.5. The maximum atomic E-state index is 11.9. The van der Waals surface area contributed by atoms with Crippen LogP contribution in [0.3, 0.4) is 0 Å². The number of amides is 1. The summed E-state index contributed by atoms with van der Waals surface area (Å²) in [6.07, 6.45) is 4.08. The van der Waals surface area contributed by atoms with Gasteiger partial charge in [-0.25, -0.2) is 9.78 Å². The number of hydrogen-bond acceptors (Lipinski definition) is 5. The number of benzene rings is 1. The molecule has 0 aliphatic rings. The number of aryl methyl sites for hydroxylation is 1. The van der Waals surface area contributed by atoms with Crippen molar-refractivity contribution in [3.05, 3.63) is 50.9 Å². The second-order valence-corrected chi connectivity index (χ2v) is 6.03.